The highest BCUT2D eigenvalue weighted by atomic mass is 19.4. The molecule has 5 atom stereocenters. The third kappa shape index (κ3) is 7.37. The van der Waals surface area contributed by atoms with Crippen LogP contribution >= 0.6 is 0 Å². The second kappa shape index (κ2) is 12.2. The van der Waals surface area contributed by atoms with Gasteiger partial charge in [-0.15, -0.1) is 0 Å². The van der Waals surface area contributed by atoms with E-state index >= 15 is 0 Å². The number of carbonyl (C=O) groups is 2. The number of rotatable bonds is 5. The average Bonchev–Trinajstić information content (AvgIpc) is 3.17. The van der Waals surface area contributed by atoms with Crippen molar-refractivity contribution in [3.8, 4) is 11.8 Å². The lowest BCUT2D eigenvalue weighted by molar-refractivity contribution is -0.343. The van der Waals surface area contributed by atoms with E-state index in [1.54, 1.807) is 6.92 Å². The van der Waals surface area contributed by atoms with Crippen LogP contribution in [0, 0.1) is 29.1 Å². The van der Waals surface area contributed by atoms with Crippen molar-refractivity contribution in [1.82, 2.24) is 0 Å². The van der Waals surface area contributed by atoms with Gasteiger partial charge in [0.2, 0.25) is 0 Å². The first-order chi connectivity index (χ1) is 18.9. The molecule has 3 aliphatic carbocycles. The number of alkyl halides is 6. The first kappa shape index (κ1) is 32.8. The van der Waals surface area contributed by atoms with Crippen LogP contribution in [-0.4, -0.2) is 47.2 Å². The molecular formula is C30H36F6O5. The zero-order chi connectivity index (χ0) is 30.8. The fourth-order valence-electron chi connectivity index (χ4n) is 6.50. The minimum atomic E-state index is -5.97. The summed E-state index contributed by atoms with van der Waals surface area (Å²) in [4.78, 5) is 23.0. The Balaban J connectivity index is 1.77. The van der Waals surface area contributed by atoms with Crippen molar-refractivity contribution in [1.29, 1.82) is 0 Å². The molecule has 2 saturated carbocycles. The van der Waals surface area contributed by atoms with Gasteiger partial charge in [0.25, 0.3) is 0 Å². The monoisotopic (exact) mass is 590 g/mol. The summed E-state index contributed by atoms with van der Waals surface area (Å²) in [5.74, 6) is 1.90. The maximum Gasteiger partial charge on any atom is 0.438 e. The normalized spacial score (nSPS) is 28.7. The molecule has 0 heterocycles. The van der Waals surface area contributed by atoms with E-state index in [2.05, 4.69) is 6.92 Å². The smallest absolute Gasteiger partial charge is 0.438 e. The fraction of sp³-hybridized carbons (Fsp3) is 0.667. The number of carbonyl (C=O) groups excluding carboxylic acids is 2. The van der Waals surface area contributed by atoms with Crippen molar-refractivity contribution in [2.75, 3.05) is 0 Å². The van der Waals surface area contributed by atoms with Gasteiger partial charge in [-0.25, -0.2) is 0 Å². The number of aliphatic hydroxyl groups is 1. The van der Waals surface area contributed by atoms with Crippen molar-refractivity contribution in [3.63, 3.8) is 0 Å². The van der Waals surface area contributed by atoms with Gasteiger partial charge >= 0.3 is 29.9 Å². The fourth-order valence-corrected chi connectivity index (χ4v) is 6.50. The molecule has 2 fully saturated rings. The lowest BCUT2D eigenvalue weighted by Gasteiger charge is -2.42. The topological polar surface area (TPSA) is 72.8 Å². The number of hydrogen-bond donors (Lipinski definition) is 1. The van der Waals surface area contributed by atoms with E-state index in [-0.39, 0.29) is 17.8 Å². The standard InChI is InChI=1S/C30H36F6O5/c1-18(7-5-14-28(39,29(31,32)33)30(34,35)36)25-11-12-26-22(8-6-13-27(25,26)4)10-9-21-15-23(40-19(2)37)17-24(16-21)41-20(3)38/h9-11,18,23-24,26,39H,6-8,12-13,15-17H2,1-4H3/b22-10+/t18-,23-,24-,26?,27-/m1/s1. The molecule has 0 aromatic rings. The Hall–Kier alpha value is -2.74. The molecule has 0 amide bonds. The third-order valence-electron chi connectivity index (χ3n) is 8.34. The van der Waals surface area contributed by atoms with Gasteiger partial charge in [-0.3, -0.25) is 9.59 Å². The molecule has 0 spiro atoms. The first-order valence-electron chi connectivity index (χ1n) is 13.7. The Morgan fingerprint density at radius 2 is 1.63 bits per heavy atom. The minimum absolute atomic E-state index is 0.109. The Bertz CT molecular complexity index is 1130. The quantitative estimate of drug-likeness (QED) is 0.163. The first-order valence-corrected chi connectivity index (χ1v) is 13.7. The number of allylic oxidation sites excluding steroid dienone is 5. The van der Waals surface area contributed by atoms with Crippen molar-refractivity contribution in [3.05, 3.63) is 34.9 Å². The van der Waals surface area contributed by atoms with E-state index in [9.17, 15) is 41.0 Å². The summed E-state index contributed by atoms with van der Waals surface area (Å²) in [6, 6.07) is 0. The van der Waals surface area contributed by atoms with Gasteiger partial charge in [0.05, 0.1) is 0 Å². The predicted octanol–water partition coefficient (Wildman–Crippen LogP) is 6.91. The Morgan fingerprint density at radius 1 is 1.07 bits per heavy atom. The van der Waals surface area contributed by atoms with Crippen LogP contribution in [-0.2, 0) is 19.1 Å². The van der Waals surface area contributed by atoms with Crippen LogP contribution in [0.15, 0.2) is 34.9 Å². The molecule has 3 aliphatic rings. The molecule has 1 N–H and O–H groups in total. The van der Waals surface area contributed by atoms with Gasteiger partial charge < -0.3 is 14.6 Å². The molecule has 3 rings (SSSR count). The molecule has 0 aromatic heterocycles. The second-order valence-electron chi connectivity index (χ2n) is 11.5. The summed E-state index contributed by atoms with van der Waals surface area (Å²) in [7, 11) is 0. The lowest BCUT2D eigenvalue weighted by atomic mass is 9.62. The molecule has 228 valence electrons. The number of halogens is 6. The van der Waals surface area contributed by atoms with Gasteiger partial charge in [0.1, 0.15) is 12.2 Å². The van der Waals surface area contributed by atoms with Crippen LogP contribution in [0.5, 0.6) is 0 Å². The zero-order valence-electron chi connectivity index (χ0n) is 23.5. The average molecular weight is 591 g/mol. The second-order valence-corrected chi connectivity index (χ2v) is 11.5. The molecule has 0 bridgehead atoms. The predicted molar refractivity (Wildman–Crippen MR) is 138 cm³/mol. The highest BCUT2D eigenvalue weighted by molar-refractivity contribution is 5.67. The highest BCUT2D eigenvalue weighted by Gasteiger charge is 2.70. The van der Waals surface area contributed by atoms with E-state index in [1.807, 2.05) is 24.1 Å². The van der Waals surface area contributed by atoms with E-state index in [0.717, 1.165) is 36.3 Å². The van der Waals surface area contributed by atoms with Crippen LogP contribution in [0.1, 0.15) is 79.1 Å². The van der Waals surface area contributed by atoms with Crippen molar-refractivity contribution >= 4 is 11.9 Å². The molecule has 1 unspecified atom stereocenters. The van der Waals surface area contributed by atoms with Crippen LogP contribution < -0.4 is 0 Å². The molecule has 0 aliphatic heterocycles. The summed E-state index contributed by atoms with van der Waals surface area (Å²) in [5, 5.41) is 9.32. The summed E-state index contributed by atoms with van der Waals surface area (Å²) in [6.45, 7) is 6.44. The molecule has 0 aromatic carbocycles. The largest absolute Gasteiger partial charge is 0.462 e. The van der Waals surface area contributed by atoms with Crippen LogP contribution in [0.4, 0.5) is 26.3 Å². The molecule has 41 heavy (non-hydrogen) atoms. The summed E-state index contributed by atoms with van der Waals surface area (Å²) in [5.41, 5.74) is -2.31. The van der Waals surface area contributed by atoms with Gasteiger partial charge in [0, 0.05) is 39.5 Å². The van der Waals surface area contributed by atoms with Crippen LogP contribution in [0.25, 0.3) is 0 Å². The Morgan fingerprint density at radius 3 is 2.15 bits per heavy atom. The molecule has 0 saturated heterocycles. The van der Waals surface area contributed by atoms with Gasteiger partial charge in [-0.05, 0) is 48.9 Å². The van der Waals surface area contributed by atoms with E-state index in [1.165, 1.54) is 19.4 Å². The molecule has 11 heteroatoms. The van der Waals surface area contributed by atoms with Gasteiger partial charge in [-0.2, -0.15) is 26.3 Å². The van der Waals surface area contributed by atoms with Crippen molar-refractivity contribution in [2.45, 2.75) is 109 Å². The SMILES string of the molecule is CC(=O)O[C@@H]1CC(=C/C=C2\CCC[C@]3(C)C([C@H](C)CC#CC(O)(C(F)(F)F)C(F)(F)F)=CCC23)C[C@@H](OC(C)=O)C1. The van der Waals surface area contributed by atoms with E-state index in [0.29, 0.717) is 25.7 Å². The van der Waals surface area contributed by atoms with Crippen molar-refractivity contribution in [2.24, 2.45) is 17.3 Å². The number of esters is 2. The van der Waals surface area contributed by atoms with Crippen molar-refractivity contribution < 1.29 is 50.5 Å². The number of hydrogen-bond acceptors (Lipinski definition) is 5. The van der Waals surface area contributed by atoms with E-state index in [4.69, 9.17) is 9.47 Å². The van der Waals surface area contributed by atoms with Crippen LogP contribution in [0.2, 0.25) is 0 Å². The molecule has 0 radical (unpaired) electrons. The maximum absolute atomic E-state index is 13.0. The summed E-state index contributed by atoms with van der Waals surface area (Å²) >= 11 is 0. The summed E-state index contributed by atoms with van der Waals surface area (Å²) in [6.07, 6.45) is -2.33. The molecule has 5 nitrogen and oxygen atoms in total. The molecular weight excluding hydrogens is 554 g/mol. The minimum Gasteiger partial charge on any atom is -0.462 e. The zero-order valence-corrected chi connectivity index (χ0v) is 23.5. The Labute approximate surface area is 236 Å². The third-order valence-corrected chi connectivity index (χ3v) is 8.34. The Kier molecular flexibility index (Phi) is 9.78. The van der Waals surface area contributed by atoms with Gasteiger partial charge in [0.15, 0.2) is 0 Å². The maximum atomic E-state index is 13.0. The number of ether oxygens (including phenoxy) is 2. The highest BCUT2D eigenvalue weighted by Crippen LogP contribution is 2.57. The summed E-state index contributed by atoms with van der Waals surface area (Å²) < 4.78 is 88.6. The van der Waals surface area contributed by atoms with E-state index < -0.39 is 48.0 Å². The van der Waals surface area contributed by atoms with Crippen LogP contribution in [0.3, 0.4) is 0 Å². The number of fused-ring (bicyclic) bond motifs is 1. The lowest BCUT2D eigenvalue weighted by Crippen LogP contribution is -2.55. The van der Waals surface area contributed by atoms with Gasteiger partial charge in [-0.1, -0.05) is 54.7 Å².